The summed E-state index contributed by atoms with van der Waals surface area (Å²) in [4.78, 5) is 33.2. The van der Waals surface area contributed by atoms with Crippen molar-refractivity contribution in [2.45, 2.75) is 6.92 Å². The first-order valence-electron chi connectivity index (χ1n) is 9.45. The molecule has 28 heavy (non-hydrogen) atoms. The van der Waals surface area contributed by atoms with Crippen LogP contribution in [0.15, 0.2) is 47.3 Å². The van der Waals surface area contributed by atoms with Crippen molar-refractivity contribution < 1.29 is 4.79 Å². The van der Waals surface area contributed by atoms with Gasteiger partial charge >= 0.3 is 0 Å². The highest BCUT2D eigenvalue weighted by molar-refractivity contribution is 5.90. The number of anilines is 1. The van der Waals surface area contributed by atoms with Gasteiger partial charge in [-0.25, -0.2) is 4.98 Å². The lowest BCUT2D eigenvalue weighted by molar-refractivity contribution is -0.129. The van der Waals surface area contributed by atoms with E-state index in [4.69, 9.17) is 4.98 Å². The van der Waals surface area contributed by atoms with Gasteiger partial charge < -0.3 is 14.4 Å². The van der Waals surface area contributed by atoms with Crippen LogP contribution in [-0.2, 0) is 11.8 Å². The van der Waals surface area contributed by atoms with E-state index in [9.17, 15) is 9.59 Å². The Kier molecular flexibility index (Phi) is 3.65. The van der Waals surface area contributed by atoms with Gasteiger partial charge in [-0.05, 0) is 24.3 Å². The molecule has 0 aliphatic carbocycles. The third-order valence-corrected chi connectivity index (χ3v) is 5.70. The average Bonchev–Trinajstić information content (AvgIpc) is 3.00. The van der Waals surface area contributed by atoms with Crippen molar-refractivity contribution in [2.24, 2.45) is 7.05 Å². The quantitative estimate of drug-likeness (QED) is 0.511. The van der Waals surface area contributed by atoms with Crippen LogP contribution < -0.4 is 10.3 Å². The Labute approximate surface area is 161 Å². The lowest BCUT2D eigenvalue weighted by Gasteiger charge is -2.34. The smallest absolute Gasteiger partial charge is 0.219 e. The third kappa shape index (κ3) is 2.39. The van der Waals surface area contributed by atoms with E-state index in [0.717, 1.165) is 35.6 Å². The zero-order chi connectivity index (χ0) is 19.4. The maximum atomic E-state index is 12.7. The number of rotatable bonds is 1. The monoisotopic (exact) mass is 375 g/mol. The molecule has 5 rings (SSSR count). The van der Waals surface area contributed by atoms with Gasteiger partial charge in [-0.1, -0.05) is 12.1 Å². The normalized spacial score (nSPS) is 15.1. The molecule has 1 aliphatic rings. The second-order valence-corrected chi connectivity index (χ2v) is 7.28. The molecule has 0 atom stereocenters. The van der Waals surface area contributed by atoms with Gasteiger partial charge in [0.2, 0.25) is 5.91 Å². The molecule has 0 N–H and O–H groups in total. The topological polar surface area (TPSA) is 62.9 Å². The fourth-order valence-electron chi connectivity index (χ4n) is 4.14. The fourth-order valence-corrected chi connectivity index (χ4v) is 4.14. The summed E-state index contributed by atoms with van der Waals surface area (Å²) in [6.07, 6.45) is 0. The van der Waals surface area contributed by atoms with Crippen molar-refractivity contribution in [3.63, 3.8) is 0 Å². The molecule has 0 saturated carbocycles. The van der Waals surface area contributed by atoms with Crippen molar-refractivity contribution >= 4 is 39.4 Å². The highest BCUT2D eigenvalue weighted by atomic mass is 16.2. The van der Waals surface area contributed by atoms with Crippen LogP contribution in [0.4, 0.5) is 5.82 Å². The van der Waals surface area contributed by atoms with Gasteiger partial charge in [0.05, 0.1) is 16.4 Å². The zero-order valence-corrected chi connectivity index (χ0v) is 15.9. The van der Waals surface area contributed by atoms with Crippen LogP contribution in [0.25, 0.3) is 27.7 Å². The zero-order valence-electron chi connectivity index (χ0n) is 15.9. The third-order valence-electron chi connectivity index (χ3n) is 5.70. The first-order chi connectivity index (χ1) is 13.5. The lowest BCUT2D eigenvalue weighted by Crippen LogP contribution is -2.48. The van der Waals surface area contributed by atoms with Gasteiger partial charge in [-0.3, -0.25) is 14.0 Å². The second kappa shape index (κ2) is 6.09. The molecule has 1 saturated heterocycles. The Hall–Kier alpha value is -3.35. The summed E-state index contributed by atoms with van der Waals surface area (Å²) < 4.78 is 4.08. The van der Waals surface area contributed by atoms with Crippen LogP contribution in [0.5, 0.6) is 0 Å². The summed E-state index contributed by atoms with van der Waals surface area (Å²) in [7, 11) is 1.97. The highest BCUT2D eigenvalue weighted by Gasteiger charge is 2.21. The van der Waals surface area contributed by atoms with Crippen molar-refractivity contribution in [3.05, 3.63) is 52.7 Å². The molecule has 1 aliphatic heterocycles. The van der Waals surface area contributed by atoms with Crippen LogP contribution in [0.1, 0.15) is 6.92 Å². The number of para-hydroxylation sites is 2. The number of carbonyl (C=O) groups excluding carboxylic acids is 1. The van der Waals surface area contributed by atoms with E-state index in [1.165, 1.54) is 0 Å². The van der Waals surface area contributed by atoms with Gasteiger partial charge in [0, 0.05) is 46.2 Å². The van der Waals surface area contributed by atoms with Crippen molar-refractivity contribution in [3.8, 4) is 0 Å². The molecule has 3 aromatic heterocycles. The number of fused-ring (bicyclic) bond motifs is 5. The number of benzene rings is 1. The number of pyridine rings is 2. The van der Waals surface area contributed by atoms with Crippen molar-refractivity contribution in [2.75, 3.05) is 31.1 Å². The minimum atomic E-state index is -0.0265. The van der Waals surface area contributed by atoms with Crippen LogP contribution in [0, 0.1) is 0 Å². The van der Waals surface area contributed by atoms with E-state index < -0.39 is 0 Å². The van der Waals surface area contributed by atoms with Gasteiger partial charge in [-0.15, -0.1) is 0 Å². The minimum absolute atomic E-state index is 0.0265. The van der Waals surface area contributed by atoms with Gasteiger partial charge in [0.25, 0.3) is 0 Å². The van der Waals surface area contributed by atoms with E-state index in [1.54, 1.807) is 13.0 Å². The van der Waals surface area contributed by atoms with Gasteiger partial charge in [-0.2, -0.15) is 0 Å². The van der Waals surface area contributed by atoms with Crippen molar-refractivity contribution in [1.82, 2.24) is 18.9 Å². The van der Waals surface area contributed by atoms with E-state index in [1.807, 2.05) is 52.9 Å². The highest BCUT2D eigenvalue weighted by Crippen LogP contribution is 2.24. The number of nitrogens with zero attached hydrogens (tertiary/aromatic N) is 5. The van der Waals surface area contributed by atoms with Crippen LogP contribution in [-0.4, -0.2) is 50.9 Å². The Balaban J connectivity index is 1.70. The molecule has 1 fully saturated rings. The number of aryl methyl sites for hydroxylation is 1. The summed E-state index contributed by atoms with van der Waals surface area (Å²) in [5.41, 5.74) is 3.55. The summed E-state index contributed by atoms with van der Waals surface area (Å²) in [5, 5.41) is 0.611. The maximum Gasteiger partial charge on any atom is 0.219 e. The molecule has 142 valence electrons. The van der Waals surface area contributed by atoms with E-state index in [0.29, 0.717) is 24.1 Å². The average molecular weight is 375 g/mol. The molecule has 7 nitrogen and oxygen atoms in total. The van der Waals surface area contributed by atoms with E-state index >= 15 is 0 Å². The number of piperazine rings is 1. The molecule has 0 radical (unpaired) electrons. The Bertz CT molecular complexity index is 1300. The minimum Gasteiger partial charge on any atom is -0.353 e. The molecule has 0 spiro atoms. The lowest BCUT2D eigenvalue weighted by atomic mass is 10.2. The number of imidazole rings is 1. The number of hydrogen-bond donors (Lipinski definition) is 0. The molecule has 4 heterocycles. The standard InChI is InChI=1S/C21H21N5O2/c1-14(27)24-9-11-25(12-10-24)19-8-7-15-18(28)13-20-23(2)16-5-3-4-6-17(16)26(20)21(15)22-19/h3-8,13H,9-12H2,1-2H3. The van der Waals surface area contributed by atoms with Gasteiger partial charge in [0.15, 0.2) is 11.1 Å². The van der Waals surface area contributed by atoms with E-state index in [-0.39, 0.29) is 11.3 Å². The molecular weight excluding hydrogens is 354 g/mol. The molecular formula is C21H21N5O2. The number of aromatic nitrogens is 3. The Morgan fingerprint density at radius 2 is 1.71 bits per heavy atom. The SMILES string of the molecule is CC(=O)N1CCN(c2ccc3c(=O)cc4n(C)c5ccccc5n4c3n2)CC1. The summed E-state index contributed by atoms with van der Waals surface area (Å²) in [6.45, 7) is 4.45. The summed E-state index contributed by atoms with van der Waals surface area (Å²) in [5.74, 6) is 0.943. The first kappa shape index (κ1) is 16.8. The largest absolute Gasteiger partial charge is 0.353 e. The molecule has 0 bridgehead atoms. The number of hydrogen-bond acceptors (Lipinski definition) is 4. The summed E-state index contributed by atoms with van der Waals surface area (Å²) >= 11 is 0. The molecule has 7 heteroatoms. The fraction of sp³-hybridized carbons (Fsp3) is 0.286. The molecule has 4 aromatic rings. The summed E-state index contributed by atoms with van der Waals surface area (Å²) in [6, 6.07) is 13.5. The van der Waals surface area contributed by atoms with Crippen molar-refractivity contribution in [1.29, 1.82) is 0 Å². The molecule has 0 unspecified atom stereocenters. The Morgan fingerprint density at radius 3 is 2.43 bits per heavy atom. The molecule has 1 amide bonds. The second-order valence-electron chi connectivity index (χ2n) is 7.28. The Morgan fingerprint density at radius 1 is 1.00 bits per heavy atom. The van der Waals surface area contributed by atoms with Crippen LogP contribution >= 0.6 is 0 Å². The number of carbonyl (C=O) groups is 1. The predicted molar refractivity (Wildman–Crippen MR) is 110 cm³/mol. The predicted octanol–water partition coefficient (Wildman–Crippen LogP) is 2.01. The van der Waals surface area contributed by atoms with Crippen LogP contribution in [0.3, 0.4) is 0 Å². The van der Waals surface area contributed by atoms with Crippen LogP contribution in [0.2, 0.25) is 0 Å². The number of amides is 1. The van der Waals surface area contributed by atoms with E-state index in [2.05, 4.69) is 9.30 Å². The maximum absolute atomic E-state index is 12.7. The first-order valence-corrected chi connectivity index (χ1v) is 9.45. The molecule has 1 aromatic carbocycles. The van der Waals surface area contributed by atoms with Gasteiger partial charge in [0.1, 0.15) is 11.5 Å².